The summed E-state index contributed by atoms with van der Waals surface area (Å²) in [4.78, 5) is 2.48. The van der Waals surface area contributed by atoms with Crippen LogP contribution in [-0.2, 0) is 13.0 Å². The topological polar surface area (TPSA) is 37.6 Å². The van der Waals surface area contributed by atoms with Crippen LogP contribution in [-0.4, -0.2) is 36.7 Å². The van der Waals surface area contributed by atoms with Crippen molar-refractivity contribution in [3.8, 4) is 5.75 Å². The second kappa shape index (κ2) is 6.77. The van der Waals surface area contributed by atoms with Gasteiger partial charge in [-0.3, -0.25) is 4.90 Å². The summed E-state index contributed by atoms with van der Waals surface area (Å²) in [5, 5.41) is 3.80. The molecule has 2 aliphatic heterocycles. The molecule has 0 radical (unpaired) electrons. The molecule has 1 saturated heterocycles. The number of nitrogens with zero attached hydrogens (tertiary/aromatic N) is 1. The van der Waals surface area contributed by atoms with Crippen LogP contribution in [0.5, 0.6) is 5.75 Å². The molecule has 3 heterocycles. The van der Waals surface area contributed by atoms with E-state index in [1.54, 1.807) is 6.26 Å². The molecule has 2 aromatic rings. The molecule has 1 aromatic carbocycles. The van der Waals surface area contributed by atoms with E-state index < -0.39 is 0 Å². The smallest absolute Gasteiger partial charge is 0.122 e. The number of hydrogen-bond acceptors (Lipinski definition) is 4. The maximum absolute atomic E-state index is 5.88. The Morgan fingerprint density at radius 1 is 1.04 bits per heavy atom. The van der Waals surface area contributed by atoms with Gasteiger partial charge >= 0.3 is 0 Å². The quantitative estimate of drug-likeness (QED) is 0.942. The Labute approximate surface area is 137 Å². The van der Waals surface area contributed by atoms with Crippen molar-refractivity contribution >= 4 is 0 Å². The van der Waals surface area contributed by atoms with E-state index >= 15 is 0 Å². The lowest BCUT2D eigenvalue weighted by atomic mass is 9.99. The number of fused-ring (bicyclic) bond motifs is 1. The molecule has 1 aromatic heterocycles. The van der Waals surface area contributed by atoms with Gasteiger partial charge in [-0.2, -0.15) is 0 Å². The summed E-state index contributed by atoms with van der Waals surface area (Å²) in [7, 11) is 0. The summed E-state index contributed by atoms with van der Waals surface area (Å²) >= 11 is 0. The molecule has 1 N–H and O–H groups in total. The van der Waals surface area contributed by atoms with Crippen molar-refractivity contribution in [3.63, 3.8) is 0 Å². The van der Waals surface area contributed by atoms with Crippen molar-refractivity contribution in [3.05, 3.63) is 54.0 Å². The van der Waals surface area contributed by atoms with Gasteiger partial charge in [0.25, 0.3) is 0 Å². The van der Waals surface area contributed by atoms with Crippen LogP contribution in [0.3, 0.4) is 0 Å². The van der Waals surface area contributed by atoms with Crippen molar-refractivity contribution in [1.29, 1.82) is 0 Å². The summed E-state index contributed by atoms with van der Waals surface area (Å²) in [5.74, 6) is 2.12. The lowest BCUT2D eigenvalue weighted by molar-refractivity contribution is 0.158. The summed E-state index contributed by atoms with van der Waals surface area (Å²) in [6, 6.07) is 13.4. The van der Waals surface area contributed by atoms with Gasteiger partial charge in [0.2, 0.25) is 0 Å². The van der Waals surface area contributed by atoms with E-state index in [0.717, 1.165) is 44.2 Å². The highest BCUT2D eigenvalue weighted by atomic mass is 16.5. The van der Waals surface area contributed by atoms with E-state index in [9.17, 15) is 0 Å². The number of benzene rings is 1. The number of rotatable bonds is 4. The third kappa shape index (κ3) is 3.59. The molecule has 0 aliphatic carbocycles. The molecule has 1 fully saturated rings. The average Bonchev–Trinajstić information content (AvgIpc) is 3.10. The predicted octanol–water partition coefficient (Wildman–Crippen LogP) is 2.84. The molecule has 1 atom stereocenters. The minimum Gasteiger partial charge on any atom is -0.492 e. The van der Waals surface area contributed by atoms with Gasteiger partial charge in [0.05, 0.1) is 12.8 Å². The molecule has 122 valence electrons. The Balaban J connectivity index is 1.25. The van der Waals surface area contributed by atoms with Gasteiger partial charge in [0, 0.05) is 25.2 Å². The van der Waals surface area contributed by atoms with Crippen LogP contribution >= 0.6 is 0 Å². The van der Waals surface area contributed by atoms with Crippen LogP contribution in [0.25, 0.3) is 0 Å². The van der Waals surface area contributed by atoms with E-state index in [4.69, 9.17) is 9.15 Å². The molecule has 0 unspecified atom stereocenters. The van der Waals surface area contributed by atoms with Crippen LogP contribution in [0.2, 0.25) is 0 Å². The van der Waals surface area contributed by atoms with E-state index in [1.165, 1.54) is 18.4 Å². The van der Waals surface area contributed by atoms with Gasteiger partial charge in [-0.25, -0.2) is 0 Å². The monoisotopic (exact) mass is 312 g/mol. The number of likely N-dealkylation sites (tertiary alicyclic amines) is 1. The minimum absolute atomic E-state index is 0.437. The maximum Gasteiger partial charge on any atom is 0.122 e. The number of para-hydroxylation sites is 1. The van der Waals surface area contributed by atoms with Crippen LogP contribution in [0.4, 0.5) is 0 Å². The first-order valence-electron chi connectivity index (χ1n) is 8.58. The SMILES string of the molecule is c1coc(CN2CCC(N[C@@H]3COc4ccccc4C3)CC2)c1. The molecule has 23 heavy (non-hydrogen) atoms. The van der Waals surface area contributed by atoms with Gasteiger partial charge in [-0.1, -0.05) is 18.2 Å². The number of piperidine rings is 1. The molecule has 0 saturated carbocycles. The molecule has 4 heteroatoms. The number of hydrogen-bond donors (Lipinski definition) is 1. The van der Waals surface area contributed by atoms with Crippen molar-refractivity contribution in [2.75, 3.05) is 19.7 Å². The zero-order valence-electron chi connectivity index (χ0n) is 13.4. The van der Waals surface area contributed by atoms with Crippen molar-refractivity contribution in [1.82, 2.24) is 10.2 Å². The number of ether oxygens (including phenoxy) is 1. The molecule has 0 amide bonds. The molecular weight excluding hydrogens is 288 g/mol. The molecular formula is C19H24N2O2. The van der Waals surface area contributed by atoms with E-state index in [2.05, 4.69) is 34.5 Å². The largest absolute Gasteiger partial charge is 0.492 e. The Hall–Kier alpha value is -1.78. The Kier molecular flexibility index (Phi) is 4.35. The average molecular weight is 312 g/mol. The van der Waals surface area contributed by atoms with Gasteiger partial charge < -0.3 is 14.5 Å². The lowest BCUT2D eigenvalue weighted by Gasteiger charge is -2.35. The van der Waals surface area contributed by atoms with Crippen molar-refractivity contribution in [2.45, 2.75) is 37.9 Å². The minimum atomic E-state index is 0.437. The first-order valence-corrected chi connectivity index (χ1v) is 8.58. The number of furan rings is 1. The highest BCUT2D eigenvalue weighted by Crippen LogP contribution is 2.24. The normalized spacial score (nSPS) is 22.5. The fourth-order valence-electron chi connectivity index (χ4n) is 3.65. The van der Waals surface area contributed by atoms with Crippen molar-refractivity contribution in [2.24, 2.45) is 0 Å². The van der Waals surface area contributed by atoms with Gasteiger partial charge in [-0.05, 0) is 43.0 Å². The zero-order chi connectivity index (χ0) is 15.5. The Morgan fingerprint density at radius 2 is 1.91 bits per heavy atom. The lowest BCUT2D eigenvalue weighted by Crippen LogP contribution is -2.49. The second-order valence-corrected chi connectivity index (χ2v) is 6.62. The van der Waals surface area contributed by atoms with E-state index in [1.807, 2.05) is 12.1 Å². The summed E-state index contributed by atoms with van der Waals surface area (Å²) < 4.78 is 11.3. The van der Waals surface area contributed by atoms with Gasteiger partial charge in [0.1, 0.15) is 18.1 Å². The fourth-order valence-corrected chi connectivity index (χ4v) is 3.65. The van der Waals surface area contributed by atoms with E-state index in [0.29, 0.717) is 12.1 Å². The fraction of sp³-hybridized carbons (Fsp3) is 0.474. The van der Waals surface area contributed by atoms with Gasteiger partial charge in [-0.15, -0.1) is 0 Å². The van der Waals surface area contributed by atoms with Crippen LogP contribution in [0.15, 0.2) is 47.1 Å². The molecule has 4 nitrogen and oxygen atoms in total. The molecule has 0 bridgehead atoms. The second-order valence-electron chi connectivity index (χ2n) is 6.62. The highest BCUT2D eigenvalue weighted by Gasteiger charge is 2.25. The van der Waals surface area contributed by atoms with Gasteiger partial charge in [0.15, 0.2) is 0 Å². The summed E-state index contributed by atoms with van der Waals surface area (Å²) in [6.45, 7) is 3.97. The third-order valence-electron chi connectivity index (χ3n) is 4.90. The number of nitrogens with one attached hydrogen (secondary N) is 1. The zero-order valence-corrected chi connectivity index (χ0v) is 13.4. The molecule has 0 spiro atoms. The summed E-state index contributed by atoms with van der Waals surface area (Å²) in [6.07, 6.45) is 5.21. The van der Waals surface area contributed by atoms with E-state index in [-0.39, 0.29) is 0 Å². The molecule has 2 aliphatic rings. The van der Waals surface area contributed by atoms with Crippen LogP contribution in [0, 0.1) is 0 Å². The van der Waals surface area contributed by atoms with Crippen LogP contribution in [0.1, 0.15) is 24.2 Å². The highest BCUT2D eigenvalue weighted by molar-refractivity contribution is 5.35. The van der Waals surface area contributed by atoms with Crippen molar-refractivity contribution < 1.29 is 9.15 Å². The Morgan fingerprint density at radius 3 is 2.74 bits per heavy atom. The first-order chi connectivity index (χ1) is 11.4. The molecule has 4 rings (SSSR count). The Bertz CT molecular complexity index is 618. The first kappa shape index (κ1) is 14.8. The third-order valence-corrected chi connectivity index (χ3v) is 4.90. The summed E-state index contributed by atoms with van der Waals surface area (Å²) in [5.41, 5.74) is 1.33. The predicted molar refractivity (Wildman–Crippen MR) is 89.6 cm³/mol. The maximum atomic E-state index is 5.88. The standard InChI is InChI=1S/C19H24N2O2/c1-2-6-19-15(4-1)12-17(14-23-19)20-16-7-9-21(10-8-16)13-18-5-3-11-22-18/h1-6,11,16-17,20H,7-10,12-14H2/t17-/m0/s1. The van der Waals surface area contributed by atoms with Crippen LogP contribution < -0.4 is 10.1 Å².